The van der Waals surface area contributed by atoms with Gasteiger partial charge in [0.05, 0.1) is 0 Å². The molecule has 112 valence electrons. The van der Waals surface area contributed by atoms with Crippen molar-refractivity contribution in [3.63, 3.8) is 0 Å². The Morgan fingerprint density at radius 2 is 1.86 bits per heavy atom. The highest BCUT2D eigenvalue weighted by atomic mass is 35.5. The summed E-state index contributed by atoms with van der Waals surface area (Å²) >= 11 is 6.03. The van der Waals surface area contributed by atoms with E-state index in [0.29, 0.717) is 11.8 Å². The summed E-state index contributed by atoms with van der Waals surface area (Å²) in [5.41, 5.74) is 5.90. The van der Waals surface area contributed by atoms with E-state index in [0.717, 1.165) is 17.1 Å². The van der Waals surface area contributed by atoms with E-state index in [2.05, 4.69) is 70.0 Å². The van der Waals surface area contributed by atoms with Crippen LogP contribution in [0.4, 0.5) is 11.5 Å². The summed E-state index contributed by atoms with van der Waals surface area (Å²) in [4.78, 5) is 6.92. The number of hydrogen-bond donors (Lipinski definition) is 0. The molecule has 0 N–H and O–H groups in total. The van der Waals surface area contributed by atoms with Gasteiger partial charge < -0.3 is 4.90 Å². The number of rotatable bonds is 4. The standard InChI is InChI=1S/C18H23ClN2/c1-12(2)16-9-15(11-19)10-18(20-16)21(5)17-7-6-13(3)8-14(17)4/h6-10,12H,11H2,1-5H3. The van der Waals surface area contributed by atoms with Crippen molar-refractivity contribution in [2.45, 2.75) is 39.5 Å². The zero-order valence-corrected chi connectivity index (χ0v) is 14.2. The highest BCUT2D eigenvalue weighted by Crippen LogP contribution is 2.28. The molecule has 0 fully saturated rings. The summed E-state index contributed by atoms with van der Waals surface area (Å²) in [6, 6.07) is 10.6. The lowest BCUT2D eigenvalue weighted by atomic mass is 10.1. The predicted molar refractivity (Wildman–Crippen MR) is 91.9 cm³/mol. The van der Waals surface area contributed by atoms with E-state index < -0.39 is 0 Å². The minimum absolute atomic E-state index is 0.388. The van der Waals surface area contributed by atoms with Crippen LogP contribution in [0, 0.1) is 13.8 Å². The zero-order valence-electron chi connectivity index (χ0n) is 13.4. The first-order chi connectivity index (χ1) is 9.92. The summed E-state index contributed by atoms with van der Waals surface area (Å²) in [5.74, 6) is 1.85. The predicted octanol–water partition coefficient (Wildman–Crippen LogP) is 5.33. The molecule has 1 heterocycles. The number of anilines is 2. The Kier molecular flexibility index (Phi) is 4.89. The Labute approximate surface area is 132 Å². The number of nitrogens with zero attached hydrogens (tertiary/aromatic N) is 2. The SMILES string of the molecule is Cc1ccc(N(C)c2cc(CCl)cc(C(C)C)n2)c(C)c1. The van der Waals surface area contributed by atoms with Crippen LogP contribution in [0.2, 0.25) is 0 Å². The molecule has 0 aliphatic heterocycles. The normalized spacial score (nSPS) is 11.0. The summed E-state index contributed by atoms with van der Waals surface area (Å²) in [5, 5.41) is 0. The lowest BCUT2D eigenvalue weighted by Crippen LogP contribution is -2.14. The summed E-state index contributed by atoms with van der Waals surface area (Å²) in [6.07, 6.45) is 0. The molecule has 2 nitrogen and oxygen atoms in total. The monoisotopic (exact) mass is 302 g/mol. The molecule has 3 heteroatoms. The van der Waals surface area contributed by atoms with Crippen LogP contribution in [-0.4, -0.2) is 12.0 Å². The number of aromatic nitrogens is 1. The van der Waals surface area contributed by atoms with Gasteiger partial charge in [0.15, 0.2) is 0 Å². The van der Waals surface area contributed by atoms with Gasteiger partial charge in [-0.05, 0) is 49.1 Å². The van der Waals surface area contributed by atoms with Crippen molar-refractivity contribution in [1.29, 1.82) is 0 Å². The zero-order chi connectivity index (χ0) is 15.6. The van der Waals surface area contributed by atoms with E-state index in [4.69, 9.17) is 16.6 Å². The molecule has 2 rings (SSSR count). The number of hydrogen-bond acceptors (Lipinski definition) is 2. The fourth-order valence-electron chi connectivity index (χ4n) is 2.44. The first-order valence-corrected chi connectivity index (χ1v) is 7.83. The van der Waals surface area contributed by atoms with Crippen molar-refractivity contribution < 1.29 is 0 Å². The molecule has 0 atom stereocenters. The number of alkyl halides is 1. The van der Waals surface area contributed by atoms with E-state index in [1.54, 1.807) is 0 Å². The van der Waals surface area contributed by atoms with Crippen molar-refractivity contribution in [3.05, 3.63) is 52.7 Å². The van der Waals surface area contributed by atoms with Gasteiger partial charge in [-0.2, -0.15) is 0 Å². The molecular weight excluding hydrogens is 280 g/mol. The molecule has 1 aromatic heterocycles. The van der Waals surface area contributed by atoms with E-state index in [1.165, 1.54) is 16.8 Å². The fraction of sp³-hybridized carbons (Fsp3) is 0.389. The second kappa shape index (κ2) is 6.48. The van der Waals surface area contributed by atoms with E-state index in [-0.39, 0.29) is 0 Å². The van der Waals surface area contributed by atoms with Crippen LogP contribution in [0.5, 0.6) is 0 Å². The largest absolute Gasteiger partial charge is 0.329 e. The molecule has 0 amide bonds. The molecule has 1 aromatic carbocycles. The van der Waals surface area contributed by atoms with Crippen LogP contribution in [-0.2, 0) is 5.88 Å². The third-order valence-corrected chi connectivity index (χ3v) is 4.00. The molecule has 0 unspecified atom stereocenters. The summed E-state index contributed by atoms with van der Waals surface area (Å²) in [7, 11) is 2.06. The fourth-order valence-corrected chi connectivity index (χ4v) is 2.60. The van der Waals surface area contributed by atoms with Gasteiger partial charge >= 0.3 is 0 Å². The first kappa shape index (κ1) is 15.8. The van der Waals surface area contributed by atoms with Crippen molar-refractivity contribution in [2.24, 2.45) is 0 Å². The second-order valence-electron chi connectivity index (χ2n) is 5.90. The molecule has 0 bridgehead atoms. The van der Waals surface area contributed by atoms with E-state index >= 15 is 0 Å². The Bertz CT molecular complexity index is 635. The third kappa shape index (κ3) is 3.56. The van der Waals surface area contributed by atoms with Gasteiger partial charge in [-0.25, -0.2) is 4.98 Å². The van der Waals surface area contributed by atoms with Crippen LogP contribution in [0.25, 0.3) is 0 Å². The molecule has 0 spiro atoms. The number of benzene rings is 1. The van der Waals surface area contributed by atoms with Gasteiger partial charge in [0, 0.05) is 24.3 Å². The second-order valence-corrected chi connectivity index (χ2v) is 6.16. The van der Waals surface area contributed by atoms with Crippen molar-refractivity contribution >= 4 is 23.1 Å². The maximum atomic E-state index is 6.03. The topological polar surface area (TPSA) is 16.1 Å². The van der Waals surface area contributed by atoms with Crippen LogP contribution < -0.4 is 4.90 Å². The minimum atomic E-state index is 0.388. The molecule has 0 saturated heterocycles. The maximum Gasteiger partial charge on any atom is 0.133 e. The van der Waals surface area contributed by atoms with Crippen molar-refractivity contribution in [1.82, 2.24) is 4.98 Å². The van der Waals surface area contributed by atoms with Crippen LogP contribution in [0.1, 0.15) is 42.1 Å². The highest BCUT2D eigenvalue weighted by Gasteiger charge is 2.12. The van der Waals surface area contributed by atoms with Gasteiger partial charge in [-0.1, -0.05) is 31.5 Å². The van der Waals surface area contributed by atoms with Gasteiger partial charge in [0.1, 0.15) is 5.82 Å². The van der Waals surface area contributed by atoms with Gasteiger partial charge in [-0.3, -0.25) is 0 Å². The highest BCUT2D eigenvalue weighted by molar-refractivity contribution is 6.17. The molecular formula is C18H23ClN2. The Morgan fingerprint density at radius 3 is 2.43 bits per heavy atom. The average molecular weight is 303 g/mol. The molecule has 0 aliphatic rings. The minimum Gasteiger partial charge on any atom is -0.329 e. The molecule has 21 heavy (non-hydrogen) atoms. The van der Waals surface area contributed by atoms with Gasteiger partial charge in [0.25, 0.3) is 0 Å². The van der Waals surface area contributed by atoms with E-state index in [9.17, 15) is 0 Å². The lowest BCUT2D eigenvalue weighted by molar-refractivity contribution is 0.817. The molecule has 0 radical (unpaired) electrons. The van der Waals surface area contributed by atoms with E-state index in [1.807, 2.05) is 0 Å². The lowest BCUT2D eigenvalue weighted by Gasteiger charge is -2.22. The Balaban J connectivity index is 2.46. The number of pyridine rings is 1. The molecule has 0 aliphatic carbocycles. The van der Waals surface area contributed by atoms with Crippen molar-refractivity contribution in [2.75, 3.05) is 11.9 Å². The summed E-state index contributed by atoms with van der Waals surface area (Å²) < 4.78 is 0. The third-order valence-electron chi connectivity index (χ3n) is 3.69. The Hall–Kier alpha value is -1.54. The smallest absolute Gasteiger partial charge is 0.133 e. The van der Waals surface area contributed by atoms with Crippen LogP contribution in [0.15, 0.2) is 30.3 Å². The number of aryl methyl sites for hydroxylation is 2. The van der Waals surface area contributed by atoms with Crippen LogP contribution in [0.3, 0.4) is 0 Å². The molecule has 0 saturated carbocycles. The van der Waals surface area contributed by atoms with Crippen molar-refractivity contribution in [3.8, 4) is 0 Å². The Morgan fingerprint density at radius 1 is 1.14 bits per heavy atom. The van der Waals surface area contributed by atoms with Gasteiger partial charge in [0.2, 0.25) is 0 Å². The summed E-state index contributed by atoms with van der Waals surface area (Å²) in [6.45, 7) is 8.55. The number of halogens is 1. The molecule has 2 aromatic rings. The maximum absolute atomic E-state index is 6.03. The first-order valence-electron chi connectivity index (χ1n) is 7.30. The quantitative estimate of drug-likeness (QED) is 0.710. The van der Waals surface area contributed by atoms with Gasteiger partial charge in [-0.15, -0.1) is 11.6 Å². The average Bonchev–Trinajstić information content (AvgIpc) is 2.46. The van der Waals surface area contributed by atoms with Crippen LogP contribution >= 0.6 is 11.6 Å².